The topological polar surface area (TPSA) is 38.0 Å². The first-order valence-corrected chi connectivity index (χ1v) is 7.62. The van der Waals surface area contributed by atoms with E-state index in [0.29, 0.717) is 5.41 Å². The average molecular weight is 252 g/mol. The van der Waals surface area contributed by atoms with E-state index in [1.54, 1.807) is 11.3 Å². The van der Waals surface area contributed by atoms with Crippen molar-refractivity contribution < 1.29 is 0 Å². The molecule has 2 rings (SSSR count). The first-order valence-electron chi connectivity index (χ1n) is 6.68. The lowest BCUT2D eigenvalue weighted by atomic mass is 9.74. The van der Waals surface area contributed by atoms with E-state index in [1.165, 1.54) is 43.2 Å². The molecule has 1 aromatic rings. The maximum Gasteiger partial charge on any atom is 0.0216 e. The lowest BCUT2D eigenvalue weighted by Crippen LogP contribution is -2.41. The average Bonchev–Trinajstić information content (AvgIpc) is 2.76. The molecule has 1 aliphatic carbocycles. The second kappa shape index (κ2) is 5.98. The first kappa shape index (κ1) is 13.1. The summed E-state index contributed by atoms with van der Waals surface area (Å²) in [5.74, 6) is 0. The predicted molar refractivity (Wildman–Crippen MR) is 75.3 cm³/mol. The summed E-state index contributed by atoms with van der Waals surface area (Å²) in [6.45, 7) is 5.10. The van der Waals surface area contributed by atoms with Crippen molar-refractivity contribution in [2.24, 2.45) is 11.1 Å². The van der Waals surface area contributed by atoms with Crippen molar-refractivity contribution in [2.75, 3.05) is 13.1 Å². The van der Waals surface area contributed by atoms with Crippen LogP contribution < -0.4 is 11.1 Å². The van der Waals surface area contributed by atoms with Crippen LogP contribution in [0.1, 0.15) is 43.2 Å². The smallest absolute Gasteiger partial charge is 0.0216 e. The highest BCUT2D eigenvalue weighted by Gasteiger charge is 2.29. The molecule has 0 spiro atoms. The van der Waals surface area contributed by atoms with E-state index in [4.69, 9.17) is 5.73 Å². The zero-order chi connectivity index (χ0) is 12.1. The summed E-state index contributed by atoms with van der Waals surface area (Å²) < 4.78 is 0. The minimum absolute atomic E-state index is 0.377. The number of nitrogens with two attached hydrogens (primary N) is 1. The molecule has 1 saturated carbocycles. The van der Waals surface area contributed by atoms with E-state index in [-0.39, 0.29) is 0 Å². The molecule has 96 valence electrons. The van der Waals surface area contributed by atoms with E-state index < -0.39 is 0 Å². The molecule has 0 atom stereocenters. The van der Waals surface area contributed by atoms with Crippen LogP contribution in [0.4, 0.5) is 0 Å². The Morgan fingerprint density at radius 3 is 2.65 bits per heavy atom. The van der Waals surface area contributed by atoms with E-state index in [0.717, 1.165) is 19.6 Å². The Hall–Kier alpha value is -0.380. The van der Waals surface area contributed by atoms with Gasteiger partial charge >= 0.3 is 0 Å². The standard InChI is InChI=1S/C14H24N2S/c1-12-8-17-9-13(12)7-16-11-14(10-15)5-3-2-4-6-14/h8-9,16H,2-7,10-11,15H2,1H3. The summed E-state index contributed by atoms with van der Waals surface area (Å²) in [7, 11) is 0. The first-order chi connectivity index (χ1) is 8.26. The van der Waals surface area contributed by atoms with Gasteiger partial charge in [-0.15, -0.1) is 0 Å². The van der Waals surface area contributed by atoms with Crippen molar-refractivity contribution in [1.29, 1.82) is 0 Å². The molecule has 0 aliphatic heterocycles. The normalized spacial score (nSPS) is 19.4. The quantitative estimate of drug-likeness (QED) is 0.845. The Morgan fingerprint density at radius 2 is 2.06 bits per heavy atom. The fourth-order valence-electron chi connectivity index (χ4n) is 2.79. The van der Waals surface area contributed by atoms with E-state index in [1.807, 2.05) is 0 Å². The van der Waals surface area contributed by atoms with Gasteiger partial charge in [0, 0.05) is 13.1 Å². The van der Waals surface area contributed by atoms with Crippen molar-refractivity contribution >= 4 is 11.3 Å². The van der Waals surface area contributed by atoms with Gasteiger partial charge in [-0.25, -0.2) is 0 Å². The monoisotopic (exact) mass is 252 g/mol. The predicted octanol–water partition coefficient (Wildman–Crippen LogP) is 3.06. The van der Waals surface area contributed by atoms with Crippen LogP contribution in [0, 0.1) is 12.3 Å². The Morgan fingerprint density at radius 1 is 1.29 bits per heavy atom. The molecule has 0 bridgehead atoms. The molecule has 1 heterocycles. The third-order valence-corrected chi connectivity index (χ3v) is 5.03. The third-order valence-electron chi connectivity index (χ3n) is 4.12. The molecule has 3 N–H and O–H groups in total. The van der Waals surface area contributed by atoms with Crippen molar-refractivity contribution in [3.63, 3.8) is 0 Å². The van der Waals surface area contributed by atoms with Gasteiger partial charge in [-0.3, -0.25) is 0 Å². The SMILES string of the molecule is Cc1cscc1CNCC1(CN)CCCCC1. The van der Waals surface area contributed by atoms with Crippen LogP contribution in [0.15, 0.2) is 10.8 Å². The summed E-state index contributed by atoms with van der Waals surface area (Å²) in [4.78, 5) is 0. The maximum absolute atomic E-state index is 5.99. The van der Waals surface area contributed by atoms with E-state index >= 15 is 0 Å². The Labute approximate surface area is 109 Å². The van der Waals surface area contributed by atoms with Gasteiger partial charge in [0.1, 0.15) is 0 Å². The van der Waals surface area contributed by atoms with Gasteiger partial charge in [0.25, 0.3) is 0 Å². The molecule has 2 nitrogen and oxygen atoms in total. The third kappa shape index (κ3) is 3.30. The van der Waals surface area contributed by atoms with Crippen LogP contribution in [0.3, 0.4) is 0 Å². The van der Waals surface area contributed by atoms with E-state index in [2.05, 4.69) is 23.0 Å². The van der Waals surface area contributed by atoms with Crippen LogP contribution in [0.25, 0.3) is 0 Å². The molecule has 0 radical (unpaired) electrons. The molecule has 0 amide bonds. The van der Waals surface area contributed by atoms with Crippen molar-refractivity contribution in [2.45, 2.75) is 45.6 Å². The van der Waals surface area contributed by atoms with Gasteiger partial charge in [0.2, 0.25) is 0 Å². The molecule has 17 heavy (non-hydrogen) atoms. The van der Waals surface area contributed by atoms with Crippen LogP contribution in [0.5, 0.6) is 0 Å². The van der Waals surface area contributed by atoms with Gasteiger partial charge in [-0.1, -0.05) is 19.3 Å². The second-order valence-electron chi connectivity index (χ2n) is 5.45. The second-order valence-corrected chi connectivity index (χ2v) is 6.19. The van der Waals surface area contributed by atoms with Crippen LogP contribution in [-0.4, -0.2) is 13.1 Å². The summed E-state index contributed by atoms with van der Waals surface area (Å²) >= 11 is 1.79. The molecule has 3 heteroatoms. The Balaban J connectivity index is 1.82. The molecule has 1 fully saturated rings. The lowest BCUT2D eigenvalue weighted by molar-refractivity contribution is 0.191. The minimum atomic E-state index is 0.377. The molecular weight excluding hydrogens is 228 g/mol. The fraction of sp³-hybridized carbons (Fsp3) is 0.714. The highest BCUT2D eigenvalue weighted by atomic mass is 32.1. The zero-order valence-electron chi connectivity index (χ0n) is 10.8. The molecule has 0 saturated heterocycles. The summed E-state index contributed by atoms with van der Waals surface area (Å²) in [6, 6.07) is 0. The number of rotatable bonds is 5. The van der Waals surface area contributed by atoms with Crippen LogP contribution in [-0.2, 0) is 6.54 Å². The fourth-order valence-corrected chi connectivity index (χ4v) is 3.64. The van der Waals surface area contributed by atoms with Gasteiger partial charge < -0.3 is 11.1 Å². The summed E-state index contributed by atoms with van der Waals surface area (Å²) in [5.41, 5.74) is 9.22. The van der Waals surface area contributed by atoms with E-state index in [9.17, 15) is 0 Å². The van der Waals surface area contributed by atoms with Gasteiger partial charge in [0.05, 0.1) is 0 Å². The van der Waals surface area contributed by atoms with Gasteiger partial charge in [-0.05, 0) is 53.6 Å². The number of nitrogens with one attached hydrogen (secondary N) is 1. The Bertz CT molecular complexity index is 340. The number of thiophene rings is 1. The Kier molecular flexibility index (Phi) is 4.60. The van der Waals surface area contributed by atoms with Crippen LogP contribution in [0.2, 0.25) is 0 Å². The van der Waals surface area contributed by atoms with Crippen molar-refractivity contribution in [1.82, 2.24) is 5.32 Å². The summed E-state index contributed by atoms with van der Waals surface area (Å²) in [6.07, 6.45) is 6.72. The molecule has 1 aromatic heterocycles. The van der Waals surface area contributed by atoms with Crippen molar-refractivity contribution in [3.8, 4) is 0 Å². The highest BCUT2D eigenvalue weighted by Crippen LogP contribution is 2.34. The number of hydrogen-bond donors (Lipinski definition) is 2. The number of hydrogen-bond acceptors (Lipinski definition) is 3. The lowest BCUT2D eigenvalue weighted by Gasteiger charge is -2.36. The molecule has 0 aromatic carbocycles. The summed E-state index contributed by atoms with van der Waals surface area (Å²) in [5, 5.41) is 8.08. The van der Waals surface area contributed by atoms with Crippen LogP contribution >= 0.6 is 11.3 Å². The molecule has 1 aliphatic rings. The highest BCUT2D eigenvalue weighted by molar-refractivity contribution is 7.08. The van der Waals surface area contributed by atoms with Gasteiger partial charge in [-0.2, -0.15) is 11.3 Å². The number of aryl methyl sites for hydroxylation is 1. The van der Waals surface area contributed by atoms with Gasteiger partial charge in [0.15, 0.2) is 0 Å². The largest absolute Gasteiger partial charge is 0.330 e. The molecule has 0 unspecified atom stereocenters. The maximum atomic E-state index is 5.99. The van der Waals surface area contributed by atoms with Crippen molar-refractivity contribution in [3.05, 3.63) is 21.9 Å². The zero-order valence-corrected chi connectivity index (χ0v) is 11.6. The molecular formula is C14H24N2S. The minimum Gasteiger partial charge on any atom is -0.330 e.